The van der Waals surface area contributed by atoms with Gasteiger partial charge in [0.2, 0.25) is 5.96 Å². The molecule has 6 N–H and O–H groups in total. The van der Waals surface area contributed by atoms with Gasteiger partial charge in [0, 0.05) is 6.54 Å². The van der Waals surface area contributed by atoms with Gasteiger partial charge >= 0.3 is 0 Å². The molecular formula is C11H11Br2N5O3. The van der Waals surface area contributed by atoms with Crippen molar-refractivity contribution in [2.24, 2.45) is 10.7 Å². The Morgan fingerprint density at radius 3 is 2.81 bits per heavy atom. The molecule has 1 aliphatic rings. The number of carbonyl (C=O) groups excluding carboxylic acids is 2. The first-order valence-electron chi connectivity index (χ1n) is 5.74. The smallest absolute Gasteiger partial charge is 0.276 e. The van der Waals surface area contributed by atoms with Crippen LogP contribution >= 0.6 is 31.9 Å². The number of amides is 2. The molecule has 1 atom stereocenters. The summed E-state index contributed by atoms with van der Waals surface area (Å²) in [5, 5.41) is 14.6. The van der Waals surface area contributed by atoms with Crippen LogP contribution in [0, 0.1) is 0 Å². The zero-order valence-corrected chi connectivity index (χ0v) is 13.7. The summed E-state index contributed by atoms with van der Waals surface area (Å²) in [4.78, 5) is 29.7. The maximum Gasteiger partial charge on any atom is 0.276 e. The first kappa shape index (κ1) is 15.7. The Morgan fingerprint density at radius 1 is 1.57 bits per heavy atom. The number of rotatable bonds is 4. The molecule has 21 heavy (non-hydrogen) atoms. The number of aromatic nitrogens is 1. The second-order valence-electron chi connectivity index (χ2n) is 4.13. The molecule has 112 valence electrons. The molecule has 0 radical (unpaired) electrons. The van der Waals surface area contributed by atoms with E-state index in [1.165, 1.54) is 6.08 Å². The normalized spacial score (nSPS) is 17.6. The zero-order valence-electron chi connectivity index (χ0n) is 10.5. The van der Waals surface area contributed by atoms with Crippen molar-refractivity contribution in [3.63, 3.8) is 0 Å². The van der Waals surface area contributed by atoms with Crippen LogP contribution in [0.5, 0.6) is 0 Å². The van der Waals surface area contributed by atoms with Crippen LogP contribution < -0.4 is 16.4 Å². The van der Waals surface area contributed by atoms with Crippen LogP contribution in [0.1, 0.15) is 10.5 Å². The minimum absolute atomic E-state index is 0.0135. The summed E-state index contributed by atoms with van der Waals surface area (Å²) in [5.41, 5.74) is 5.66. The van der Waals surface area contributed by atoms with Crippen molar-refractivity contribution in [1.82, 2.24) is 15.6 Å². The monoisotopic (exact) mass is 419 g/mol. The third-order valence-corrected chi connectivity index (χ3v) is 4.29. The lowest BCUT2D eigenvalue weighted by molar-refractivity contribution is -0.115. The van der Waals surface area contributed by atoms with Crippen LogP contribution in [0.4, 0.5) is 0 Å². The molecular weight excluding hydrogens is 410 g/mol. The molecule has 0 saturated heterocycles. The van der Waals surface area contributed by atoms with Crippen molar-refractivity contribution in [1.29, 1.82) is 0 Å². The van der Waals surface area contributed by atoms with Gasteiger partial charge in [-0.3, -0.25) is 14.9 Å². The topological polar surface area (TPSA) is 133 Å². The van der Waals surface area contributed by atoms with E-state index in [2.05, 4.69) is 52.5 Å². The molecule has 2 amide bonds. The fourth-order valence-electron chi connectivity index (χ4n) is 1.56. The first-order valence-corrected chi connectivity index (χ1v) is 7.33. The van der Waals surface area contributed by atoms with Crippen LogP contribution in [-0.4, -0.2) is 40.5 Å². The zero-order chi connectivity index (χ0) is 15.6. The third kappa shape index (κ3) is 3.93. The molecule has 0 saturated carbocycles. The fraction of sp³-hybridized carbons (Fsp3) is 0.182. The molecule has 0 aromatic carbocycles. The highest BCUT2D eigenvalue weighted by atomic mass is 79.9. The highest BCUT2D eigenvalue weighted by molar-refractivity contribution is 9.13. The third-order valence-electron chi connectivity index (χ3n) is 2.51. The Hall–Kier alpha value is -1.65. The number of aliphatic hydroxyl groups excluding tert-OH is 1. The second-order valence-corrected chi connectivity index (χ2v) is 5.77. The van der Waals surface area contributed by atoms with E-state index in [-0.39, 0.29) is 18.2 Å². The number of nitrogens with one attached hydrogen (secondary N) is 3. The lowest BCUT2D eigenvalue weighted by Gasteiger charge is -2.07. The Bertz CT molecular complexity index is 633. The van der Waals surface area contributed by atoms with E-state index in [4.69, 9.17) is 5.73 Å². The second kappa shape index (κ2) is 6.41. The quantitative estimate of drug-likeness (QED) is 0.437. The number of hydrogen-bond donors (Lipinski definition) is 5. The van der Waals surface area contributed by atoms with E-state index in [9.17, 15) is 14.7 Å². The van der Waals surface area contributed by atoms with Crippen molar-refractivity contribution >= 4 is 49.6 Å². The number of nitrogens with two attached hydrogens (primary N) is 1. The van der Waals surface area contributed by atoms with Crippen molar-refractivity contribution in [3.05, 3.63) is 32.6 Å². The van der Waals surface area contributed by atoms with Gasteiger partial charge < -0.3 is 21.1 Å². The maximum absolute atomic E-state index is 11.8. The molecule has 1 aromatic heterocycles. The van der Waals surface area contributed by atoms with E-state index in [0.717, 1.165) is 0 Å². The Morgan fingerprint density at radius 2 is 2.29 bits per heavy atom. The maximum atomic E-state index is 11.8. The number of carbonyl (C=O) groups is 2. The van der Waals surface area contributed by atoms with Gasteiger partial charge in [0.1, 0.15) is 11.4 Å². The molecule has 1 aromatic rings. The molecule has 0 bridgehead atoms. The highest BCUT2D eigenvalue weighted by Gasteiger charge is 2.19. The van der Waals surface area contributed by atoms with Crippen LogP contribution in [0.3, 0.4) is 0 Å². The summed E-state index contributed by atoms with van der Waals surface area (Å²) < 4.78 is 1.35. The summed E-state index contributed by atoms with van der Waals surface area (Å²) in [6.07, 6.45) is 0.155. The molecule has 2 heterocycles. The largest absolute Gasteiger partial charge is 0.387 e. The van der Waals surface area contributed by atoms with Crippen molar-refractivity contribution in [3.8, 4) is 0 Å². The van der Waals surface area contributed by atoms with Gasteiger partial charge in [-0.2, -0.15) is 0 Å². The van der Waals surface area contributed by atoms with Gasteiger partial charge in [-0.1, -0.05) is 0 Å². The van der Waals surface area contributed by atoms with E-state index in [0.29, 0.717) is 14.8 Å². The highest BCUT2D eigenvalue weighted by Crippen LogP contribution is 2.22. The Kier molecular flexibility index (Phi) is 4.80. The number of halogens is 2. The summed E-state index contributed by atoms with van der Waals surface area (Å²) in [6, 6.07) is 1.60. The van der Waals surface area contributed by atoms with Gasteiger partial charge in [-0.05, 0) is 44.0 Å². The van der Waals surface area contributed by atoms with E-state index >= 15 is 0 Å². The number of nitrogens with zero attached hydrogens (tertiary/aromatic N) is 1. The molecule has 1 unspecified atom stereocenters. The van der Waals surface area contributed by atoms with E-state index in [1.54, 1.807) is 6.07 Å². The summed E-state index contributed by atoms with van der Waals surface area (Å²) >= 11 is 6.47. The summed E-state index contributed by atoms with van der Waals surface area (Å²) in [5.74, 6) is -0.906. The molecule has 1 aliphatic heterocycles. The molecule has 0 aliphatic carbocycles. The number of hydrogen-bond acceptors (Lipinski definition) is 5. The van der Waals surface area contributed by atoms with Gasteiger partial charge in [-0.15, -0.1) is 0 Å². The fourth-order valence-corrected chi connectivity index (χ4v) is 2.22. The Labute approximate surface area is 136 Å². The molecule has 0 fully saturated rings. The van der Waals surface area contributed by atoms with Gasteiger partial charge in [-0.25, -0.2) is 4.99 Å². The number of aliphatic hydroxyl groups is 1. The van der Waals surface area contributed by atoms with Crippen LogP contribution in [0.15, 0.2) is 31.9 Å². The first-order chi connectivity index (χ1) is 9.86. The standard InChI is InChI=1S/C11H11Br2N5O3/c12-5-2-7(16-8(5)13)9(20)15-3-4(19)1-6-10(21)18-11(14)17-6/h1-2,4,16,19H,3H2,(H,15,20)(H3,14,17,18,21). The predicted octanol–water partition coefficient (Wildman–Crippen LogP) is -0.0412. The average Bonchev–Trinajstić information content (AvgIpc) is 2.90. The van der Waals surface area contributed by atoms with Crippen molar-refractivity contribution in [2.75, 3.05) is 6.54 Å². The van der Waals surface area contributed by atoms with Crippen LogP contribution in [-0.2, 0) is 4.79 Å². The van der Waals surface area contributed by atoms with Gasteiger partial charge in [0.05, 0.1) is 15.2 Å². The number of guanidine groups is 1. The minimum atomic E-state index is -1.06. The van der Waals surface area contributed by atoms with Crippen molar-refractivity contribution in [2.45, 2.75) is 6.10 Å². The summed E-state index contributed by atoms with van der Waals surface area (Å²) in [7, 11) is 0. The molecule has 10 heteroatoms. The average molecular weight is 421 g/mol. The molecule has 2 rings (SSSR count). The van der Waals surface area contributed by atoms with Crippen LogP contribution in [0.25, 0.3) is 0 Å². The van der Waals surface area contributed by atoms with E-state index < -0.39 is 17.9 Å². The number of H-pyrrole nitrogens is 1. The molecule has 8 nitrogen and oxygen atoms in total. The predicted molar refractivity (Wildman–Crippen MR) is 82.4 cm³/mol. The molecule has 0 spiro atoms. The minimum Gasteiger partial charge on any atom is -0.387 e. The van der Waals surface area contributed by atoms with Gasteiger partial charge in [0.15, 0.2) is 0 Å². The SMILES string of the molecule is NC1=NC(=CC(O)CNC(=O)c2cc(Br)c(Br)[nH]2)C(=O)N1. The summed E-state index contributed by atoms with van der Waals surface area (Å²) in [6.45, 7) is -0.0701. The Balaban J connectivity index is 1.92. The lowest BCUT2D eigenvalue weighted by Crippen LogP contribution is -2.32. The lowest BCUT2D eigenvalue weighted by atomic mass is 10.2. The van der Waals surface area contributed by atoms with Gasteiger partial charge in [0.25, 0.3) is 11.8 Å². The number of aromatic amines is 1. The number of aliphatic imine (C=N–C) groups is 1. The van der Waals surface area contributed by atoms with Crippen molar-refractivity contribution < 1.29 is 14.7 Å². The van der Waals surface area contributed by atoms with Crippen LogP contribution in [0.2, 0.25) is 0 Å². The van der Waals surface area contributed by atoms with E-state index in [1.807, 2.05) is 0 Å².